The summed E-state index contributed by atoms with van der Waals surface area (Å²) in [6.45, 7) is 1.91. The van der Waals surface area contributed by atoms with E-state index < -0.39 is 0 Å². The molecule has 0 saturated heterocycles. The van der Waals surface area contributed by atoms with Crippen molar-refractivity contribution in [3.8, 4) is 28.7 Å². The van der Waals surface area contributed by atoms with E-state index >= 15 is 0 Å². The molecule has 4 rings (SSSR count). The molecule has 0 spiro atoms. The van der Waals surface area contributed by atoms with Gasteiger partial charge in [-0.3, -0.25) is 4.79 Å². The zero-order chi connectivity index (χ0) is 21.8. The van der Waals surface area contributed by atoms with Crippen molar-refractivity contribution < 1.29 is 23.4 Å². The van der Waals surface area contributed by atoms with Crippen LogP contribution in [0.2, 0.25) is 0 Å². The number of nitrogens with zero attached hydrogens (tertiary/aromatic N) is 1. The predicted octanol–water partition coefficient (Wildman–Crippen LogP) is 4.84. The average Bonchev–Trinajstić information content (AvgIpc) is 3.21. The first-order chi connectivity index (χ1) is 15.1. The molecule has 7 heteroatoms. The number of methoxy groups -OCH3 is 2. The minimum Gasteiger partial charge on any atom is -0.493 e. The molecule has 0 aliphatic rings. The van der Waals surface area contributed by atoms with Gasteiger partial charge in [-0.05, 0) is 55.5 Å². The van der Waals surface area contributed by atoms with E-state index in [0.717, 1.165) is 11.1 Å². The Hall–Kier alpha value is -4.00. The minimum absolute atomic E-state index is 0.0865. The van der Waals surface area contributed by atoms with Crippen LogP contribution in [0.4, 0.5) is 5.69 Å². The highest BCUT2D eigenvalue weighted by Crippen LogP contribution is 2.33. The molecule has 3 aromatic carbocycles. The number of carbonyl (C=O) groups is 1. The molecule has 0 aliphatic heterocycles. The van der Waals surface area contributed by atoms with Gasteiger partial charge in [0, 0.05) is 11.3 Å². The number of benzene rings is 3. The second-order valence-electron chi connectivity index (χ2n) is 6.92. The Labute approximate surface area is 179 Å². The number of aromatic nitrogens is 1. The summed E-state index contributed by atoms with van der Waals surface area (Å²) >= 11 is 0. The fourth-order valence-corrected chi connectivity index (χ4v) is 3.08. The Morgan fingerprint density at radius 3 is 2.48 bits per heavy atom. The fraction of sp³-hybridized carbons (Fsp3) is 0.167. The third-order valence-corrected chi connectivity index (χ3v) is 4.69. The van der Waals surface area contributed by atoms with Gasteiger partial charge < -0.3 is 23.9 Å². The summed E-state index contributed by atoms with van der Waals surface area (Å²) in [5.74, 6) is 2.04. The van der Waals surface area contributed by atoms with Crippen LogP contribution in [0.1, 0.15) is 5.56 Å². The number of nitrogens with one attached hydrogen (secondary N) is 1. The molecule has 1 amide bonds. The maximum Gasteiger partial charge on any atom is 0.262 e. The van der Waals surface area contributed by atoms with Crippen molar-refractivity contribution in [3.05, 3.63) is 66.2 Å². The van der Waals surface area contributed by atoms with Gasteiger partial charge in [-0.1, -0.05) is 17.7 Å². The molecule has 0 fully saturated rings. The lowest BCUT2D eigenvalue weighted by Crippen LogP contribution is -2.20. The van der Waals surface area contributed by atoms with Crippen molar-refractivity contribution in [1.29, 1.82) is 0 Å². The molecule has 1 N–H and O–H groups in total. The number of hydrogen-bond donors (Lipinski definition) is 1. The Morgan fingerprint density at radius 2 is 1.74 bits per heavy atom. The molecule has 0 unspecified atom stereocenters. The summed E-state index contributed by atoms with van der Waals surface area (Å²) in [7, 11) is 3.16. The average molecular weight is 418 g/mol. The lowest BCUT2D eigenvalue weighted by Gasteiger charge is -2.07. The van der Waals surface area contributed by atoms with E-state index in [4.69, 9.17) is 18.6 Å². The van der Waals surface area contributed by atoms with E-state index in [1.807, 2.05) is 37.3 Å². The fourth-order valence-electron chi connectivity index (χ4n) is 3.08. The van der Waals surface area contributed by atoms with Crippen LogP contribution >= 0.6 is 0 Å². The SMILES string of the molecule is COc1ccc(-c2nc3cc(NC(=O)COc4ccc(C)cc4)ccc3o2)cc1OC. The molecule has 0 atom stereocenters. The molecule has 1 aromatic heterocycles. The molecule has 4 aromatic rings. The zero-order valence-electron chi connectivity index (χ0n) is 17.5. The molecular weight excluding hydrogens is 396 g/mol. The van der Waals surface area contributed by atoms with Gasteiger partial charge in [-0.2, -0.15) is 0 Å². The number of ether oxygens (including phenoxy) is 3. The highest BCUT2D eigenvalue weighted by molar-refractivity contribution is 5.94. The predicted molar refractivity (Wildman–Crippen MR) is 118 cm³/mol. The Morgan fingerprint density at radius 1 is 0.968 bits per heavy atom. The number of carbonyl (C=O) groups excluding carboxylic acids is 1. The van der Waals surface area contributed by atoms with Crippen LogP contribution in [-0.4, -0.2) is 31.7 Å². The smallest absolute Gasteiger partial charge is 0.262 e. The van der Waals surface area contributed by atoms with E-state index in [1.165, 1.54) is 0 Å². The van der Waals surface area contributed by atoms with E-state index in [9.17, 15) is 4.79 Å². The first kappa shape index (κ1) is 20.3. The second kappa shape index (κ2) is 8.79. The third kappa shape index (κ3) is 4.61. The van der Waals surface area contributed by atoms with Gasteiger partial charge >= 0.3 is 0 Å². The molecule has 0 bridgehead atoms. The highest BCUT2D eigenvalue weighted by atomic mass is 16.5. The largest absolute Gasteiger partial charge is 0.493 e. The number of aryl methyl sites for hydroxylation is 1. The first-order valence-electron chi connectivity index (χ1n) is 9.68. The summed E-state index contributed by atoms with van der Waals surface area (Å²) in [6.07, 6.45) is 0. The van der Waals surface area contributed by atoms with Gasteiger partial charge in [-0.25, -0.2) is 4.98 Å². The number of amides is 1. The van der Waals surface area contributed by atoms with Gasteiger partial charge in [-0.15, -0.1) is 0 Å². The van der Waals surface area contributed by atoms with E-state index in [1.54, 1.807) is 44.6 Å². The van der Waals surface area contributed by atoms with Crippen molar-refractivity contribution in [3.63, 3.8) is 0 Å². The maximum absolute atomic E-state index is 12.2. The number of fused-ring (bicyclic) bond motifs is 1. The number of rotatable bonds is 7. The van der Waals surface area contributed by atoms with Gasteiger partial charge in [0.2, 0.25) is 5.89 Å². The second-order valence-corrected chi connectivity index (χ2v) is 6.92. The van der Waals surface area contributed by atoms with E-state index in [-0.39, 0.29) is 12.5 Å². The summed E-state index contributed by atoms with van der Waals surface area (Å²) in [4.78, 5) is 16.8. The first-order valence-corrected chi connectivity index (χ1v) is 9.68. The minimum atomic E-state index is -0.261. The highest BCUT2D eigenvalue weighted by Gasteiger charge is 2.13. The monoisotopic (exact) mass is 418 g/mol. The normalized spacial score (nSPS) is 10.7. The molecule has 31 heavy (non-hydrogen) atoms. The summed E-state index contributed by atoms with van der Waals surface area (Å²) in [5, 5.41) is 2.82. The van der Waals surface area contributed by atoms with E-state index in [2.05, 4.69) is 10.3 Å². The van der Waals surface area contributed by atoms with Crippen LogP contribution in [0, 0.1) is 6.92 Å². The Kier molecular flexibility index (Phi) is 5.75. The molecular formula is C24H22N2O5. The van der Waals surface area contributed by atoms with Gasteiger partial charge in [0.1, 0.15) is 11.3 Å². The topological polar surface area (TPSA) is 82.8 Å². The molecule has 0 radical (unpaired) electrons. The van der Waals surface area contributed by atoms with Crippen LogP contribution in [0.5, 0.6) is 17.2 Å². The Balaban J connectivity index is 1.47. The van der Waals surface area contributed by atoms with Crippen molar-refractivity contribution in [2.24, 2.45) is 0 Å². The Bertz CT molecular complexity index is 1210. The zero-order valence-corrected chi connectivity index (χ0v) is 17.5. The number of hydrogen-bond acceptors (Lipinski definition) is 6. The quantitative estimate of drug-likeness (QED) is 0.463. The van der Waals surface area contributed by atoms with Gasteiger partial charge in [0.05, 0.1) is 14.2 Å². The van der Waals surface area contributed by atoms with Crippen LogP contribution < -0.4 is 19.5 Å². The standard InChI is InChI=1S/C24H22N2O5/c1-15-4-8-18(9-5-15)30-14-23(27)25-17-7-11-20-19(13-17)26-24(31-20)16-6-10-21(28-2)22(12-16)29-3/h4-13H,14H2,1-3H3,(H,25,27). The van der Waals surface area contributed by atoms with Crippen molar-refractivity contribution in [1.82, 2.24) is 4.98 Å². The maximum atomic E-state index is 12.2. The van der Waals surface area contributed by atoms with Gasteiger partial charge in [0.15, 0.2) is 23.7 Å². The van der Waals surface area contributed by atoms with Crippen molar-refractivity contribution in [2.75, 3.05) is 26.1 Å². The lowest BCUT2D eigenvalue weighted by atomic mass is 10.2. The van der Waals surface area contributed by atoms with Crippen LogP contribution in [0.15, 0.2) is 65.1 Å². The molecule has 1 heterocycles. The number of anilines is 1. The summed E-state index contributed by atoms with van der Waals surface area (Å²) < 4.78 is 22.0. The summed E-state index contributed by atoms with van der Waals surface area (Å²) in [5.41, 5.74) is 3.73. The molecule has 158 valence electrons. The number of oxazole rings is 1. The van der Waals surface area contributed by atoms with Crippen LogP contribution in [-0.2, 0) is 4.79 Å². The molecule has 0 aliphatic carbocycles. The van der Waals surface area contributed by atoms with Crippen LogP contribution in [0.3, 0.4) is 0 Å². The molecule has 7 nitrogen and oxygen atoms in total. The van der Waals surface area contributed by atoms with Crippen LogP contribution in [0.25, 0.3) is 22.6 Å². The third-order valence-electron chi connectivity index (χ3n) is 4.69. The summed E-state index contributed by atoms with van der Waals surface area (Å²) in [6, 6.07) is 18.3. The van der Waals surface area contributed by atoms with E-state index in [0.29, 0.717) is 39.9 Å². The van der Waals surface area contributed by atoms with Crippen molar-refractivity contribution >= 4 is 22.7 Å². The molecule has 0 saturated carbocycles. The lowest BCUT2D eigenvalue weighted by molar-refractivity contribution is -0.118. The van der Waals surface area contributed by atoms with Gasteiger partial charge in [0.25, 0.3) is 5.91 Å². The van der Waals surface area contributed by atoms with Crippen molar-refractivity contribution in [2.45, 2.75) is 6.92 Å².